The third-order valence-electron chi connectivity index (χ3n) is 13.2. The molecule has 1 amide bonds. The molecule has 7 atom stereocenters. The maximum atomic E-state index is 13.3. The molecule has 5 rings (SSSR count). The minimum atomic E-state index is -0.952. The number of amides is 1. The summed E-state index contributed by atoms with van der Waals surface area (Å²) in [6.07, 6.45) is 10.5. The van der Waals surface area contributed by atoms with Crippen molar-refractivity contribution in [3.63, 3.8) is 0 Å². The van der Waals surface area contributed by atoms with E-state index in [1.807, 2.05) is 20.8 Å². The Morgan fingerprint density at radius 3 is 2.07 bits per heavy atom. The molecule has 0 unspecified atom stereocenters. The predicted molar refractivity (Wildman–Crippen MR) is 166 cm³/mol. The molecule has 0 saturated heterocycles. The first kappa shape index (κ1) is 33.2. The molecule has 6 nitrogen and oxygen atoms in total. The molecule has 4 saturated carbocycles. The van der Waals surface area contributed by atoms with Crippen LogP contribution in [0.4, 0.5) is 0 Å². The molecule has 0 aliphatic heterocycles. The van der Waals surface area contributed by atoms with Gasteiger partial charge >= 0.3 is 5.97 Å². The van der Waals surface area contributed by atoms with E-state index in [4.69, 9.17) is 0 Å². The minimum Gasteiger partial charge on any atom is -0.352 e. The van der Waals surface area contributed by atoms with Crippen LogP contribution < -0.4 is 5.32 Å². The normalized spacial score (nSPS) is 40.6. The van der Waals surface area contributed by atoms with Crippen LogP contribution in [-0.2, 0) is 19.3 Å². The van der Waals surface area contributed by atoms with Gasteiger partial charge < -0.3 is 10.2 Å². The Balaban J connectivity index is 0.000000446. The summed E-state index contributed by atoms with van der Waals surface area (Å²) < 4.78 is 0. The number of nitrogens with one attached hydrogen (secondary N) is 1. The molecule has 0 aromatic rings. The van der Waals surface area contributed by atoms with Crippen molar-refractivity contribution in [3.8, 4) is 0 Å². The summed E-state index contributed by atoms with van der Waals surface area (Å²) in [6, 6.07) is 0. The number of allylic oxidation sites excluding steroid dienone is 1. The summed E-state index contributed by atoms with van der Waals surface area (Å²) >= 11 is 0. The highest BCUT2D eigenvalue weighted by atomic mass is 17.1. The van der Waals surface area contributed by atoms with Crippen LogP contribution in [0.15, 0.2) is 11.1 Å². The fraction of sp³-hybridized carbons (Fsp3) is 0.861. The summed E-state index contributed by atoms with van der Waals surface area (Å²) in [5.41, 5.74) is 1.89. The first-order valence-corrected chi connectivity index (χ1v) is 16.6. The predicted octanol–water partition coefficient (Wildman–Crippen LogP) is 8.29. The van der Waals surface area contributed by atoms with Crippen LogP contribution in [0, 0.1) is 50.7 Å². The highest BCUT2D eigenvalue weighted by Gasteiger charge is 2.70. The van der Waals surface area contributed by atoms with Gasteiger partial charge in [-0.05, 0) is 129 Å². The van der Waals surface area contributed by atoms with Crippen molar-refractivity contribution in [2.24, 2.45) is 50.7 Å². The topological polar surface area (TPSA) is 92.7 Å². The molecule has 5 aliphatic carbocycles. The largest absolute Gasteiger partial charge is 0.352 e. The van der Waals surface area contributed by atoms with Crippen LogP contribution in [-0.4, -0.2) is 28.5 Å². The Morgan fingerprint density at radius 1 is 0.905 bits per heavy atom. The van der Waals surface area contributed by atoms with Gasteiger partial charge in [-0.15, -0.1) is 0 Å². The fourth-order valence-corrected chi connectivity index (χ4v) is 11.6. The van der Waals surface area contributed by atoms with E-state index >= 15 is 0 Å². The second-order valence-corrected chi connectivity index (χ2v) is 17.4. The molecule has 6 heteroatoms. The Kier molecular flexibility index (Phi) is 8.49. The Hall–Kier alpha value is -1.69. The highest BCUT2D eigenvalue weighted by molar-refractivity contribution is 6.05. The minimum absolute atomic E-state index is 0.0255. The van der Waals surface area contributed by atoms with Crippen LogP contribution in [0.1, 0.15) is 140 Å². The molecule has 0 heterocycles. The molecule has 42 heavy (non-hydrogen) atoms. The fourth-order valence-electron chi connectivity index (χ4n) is 11.6. The molecule has 238 valence electrons. The molecule has 0 spiro atoms. The summed E-state index contributed by atoms with van der Waals surface area (Å²) in [7, 11) is 0. The van der Waals surface area contributed by atoms with E-state index in [0.29, 0.717) is 23.2 Å². The lowest BCUT2D eigenvalue weighted by molar-refractivity contribution is -0.250. The van der Waals surface area contributed by atoms with Crippen LogP contribution in [0.3, 0.4) is 0 Å². The number of hydrogen-bond donors (Lipinski definition) is 2. The van der Waals surface area contributed by atoms with Gasteiger partial charge in [0.15, 0.2) is 5.78 Å². The molecular formula is C36H59NO5. The second kappa shape index (κ2) is 10.7. The third-order valence-corrected chi connectivity index (χ3v) is 13.2. The molecule has 2 N–H and O–H groups in total. The zero-order chi connectivity index (χ0) is 31.7. The maximum Gasteiger partial charge on any atom is 0.352 e. The van der Waals surface area contributed by atoms with Gasteiger partial charge in [0.1, 0.15) is 5.41 Å². The van der Waals surface area contributed by atoms with Crippen molar-refractivity contribution in [2.75, 3.05) is 0 Å². The first-order chi connectivity index (χ1) is 19.2. The van der Waals surface area contributed by atoms with Gasteiger partial charge in [-0.1, -0.05) is 54.9 Å². The average molecular weight is 586 g/mol. The Bertz CT molecular complexity index is 1150. The zero-order valence-corrected chi connectivity index (χ0v) is 28.5. The van der Waals surface area contributed by atoms with Crippen molar-refractivity contribution in [1.29, 1.82) is 0 Å². The van der Waals surface area contributed by atoms with E-state index in [0.717, 1.165) is 29.9 Å². The molecule has 5 aliphatic rings. The van der Waals surface area contributed by atoms with E-state index in [9.17, 15) is 19.6 Å². The molecular weight excluding hydrogens is 526 g/mol. The van der Waals surface area contributed by atoms with Crippen LogP contribution in [0.5, 0.6) is 0 Å². The SMILES string of the molecule is CC(=O)NC(C)(C)C.CC(C)C1=C2[C@H]3CC[C@@H]4[C@@]5(C)CCCC(C)(C)[C@@H]5CC[C@@]4(C)[C@]3(C)CC[C@@]2(C(=O)OO)CC1=O. The van der Waals surface area contributed by atoms with E-state index in [-0.39, 0.29) is 46.3 Å². The maximum absolute atomic E-state index is 13.3. The number of Topliss-reactive ketones (excluding diaryl/α,β-unsaturated/α-hetero) is 1. The molecule has 4 fully saturated rings. The number of carbonyl (C=O) groups excluding carboxylic acids is 3. The van der Waals surface area contributed by atoms with Gasteiger partial charge in [0, 0.05) is 18.9 Å². The summed E-state index contributed by atoms with van der Waals surface area (Å²) in [5.74, 6) is 1.26. The van der Waals surface area contributed by atoms with Gasteiger partial charge in [0.2, 0.25) is 5.91 Å². The zero-order valence-electron chi connectivity index (χ0n) is 28.5. The van der Waals surface area contributed by atoms with Crippen molar-refractivity contribution in [1.82, 2.24) is 5.32 Å². The molecule has 0 bridgehead atoms. The summed E-state index contributed by atoms with van der Waals surface area (Å²) in [6.45, 7) is 24.2. The van der Waals surface area contributed by atoms with Gasteiger partial charge in [-0.25, -0.2) is 4.79 Å². The van der Waals surface area contributed by atoms with Gasteiger partial charge in [0.25, 0.3) is 0 Å². The Morgan fingerprint density at radius 2 is 1.55 bits per heavy atom. The lowest BCUT2D eigenvalue weighted by Crippen LogP contribution is -2.64. The standard InChI is InChI=1S/C30H46O4.C6H13NO/c1-18(2)23-20(31)17-30(25(32)34-33)16-15-28(6)19(24(23)30)9-10-22-27(5)13-8-12-26(3,4)21(27)11-14-29(22,28)7;1-5(8)7-6(2,3)4/h18-19,21-22,33H,8-17H2,1-7H3;1-4H3,(H,7,8)/t19-,21+,22-,27+,28-,29-,30-;/m1./s1. The number of hydrogen-bond acceptors (Lipinski definition) is 5. The van der Waals surface area contributed by atoms with Crippen LogP contribution in [0.2, 0.25) is 0 Å². The van der Waals surface area contributed by atoms with E-state index < -0.39 is 11.4 Å². The van der Waals surface area contributed by atoms with Crippen molar-refractivity contribution in [3.05, 3.63) is 11.1 Å². The van der Waals surface area contributed by atoms with Crippen molar-refractivity contribution in [2.45, 2.75) is 146 Å². The van der Waals surface area contributed by atoms with Crippen LogP contribution >= 0.6 is 0 Å². The second-order valence-electron chi connectivity index (χ2n) is 17.4. The molecule has 0 aromatic heterocycles. The van der Waals surface area contributed by atoms with Crippen molar-refractivity contribution >= 4 is 17.7 Å². The Labute approximate surface area is 255 Å². The monoisotopic (exact) mass is 585 g/mol. The van der Waals surface area contributed by atoms with E-state index in [2.05, 4.69) is 58.7 Å². The lowest BCUT2D eigenvalue weighted by Gasteiger charge is -2.71. The first-order valence-electron chi connectivity index (χ1n) is 16.6. The van der Waals surface area contributed by atoms with Gasteiger partial charge in [-0.3, -0.25) is 9.59 Å². The smallest absolute Gasteiger partial charge is 0.352 e. The van der Waals surface area contributed by atoms with Crippen molar-refractivity contribution < 1.29 is 24.5 Å². The summed E-state index contributed by atoms with van der Waals surface area (Å²) in [5, 5.41) is 12.2. The average Bonchev–Trinajstić information content (AvgIpc) is 3.15. The summed E-state index contributed by atoms with van der Waals surface area (Å²) in [4.78, 5) is 41.1. The number of rotatable bonds is 2. The molecule has 0 radical (unpaired) electrons. The van der Waals surface area contributed by atoms with Gasteiger partial charge in [-0.2, -0.15) is 5.26 Å². The number of carbonyl (C=O) groups is 3. The van der Waals surface area contributed by atoms with Gasteiger partial charge in [0.05, 0.1) is 0 Å². The third kappa shape index (κ3) is 5.00. The van der Waals surface area contributed by atoms with E-state index in [1.54, 1.807) is 0 Å². The quantitative estimate of drug-likeness (QED) is 0.251. The highest BCUT2D eigenvalue weighted by Crippen LogP contribution is 2.76. The number of fused-ring (bicyclic) bond motifs is 7. The lowest BCUT2D eigenvalue weighted by atomic mass is 9.33. The molecule has 0 aromatic carbocycles. The van der Waals surface area contributed by atoms with E-state index in [1.165, 1.54) is 45.4 Å². The van der Waals surface area contributed by atoms with Crippen LogP contribution in [0.25, 0.3) is 0 Å². The number of ketones is 1.